The smallest absolute Gasteiger partial charge is 0.266 e. The van der Waals surface area contributed by atoms with E-state index in [2.05, 4.69) is 5.32 Å². The van der Waals surface area contributed by atoms with Crippen LogP contribution < -0.4 is 15.8 Å². The molecule has 13 nitrogen and oxygen atoms in total. The van der Waals surface area contributed by atoms with E-state index in [1.165, 1.54) is 6.07 Å². The van der Waals surface area contributed by atoms with E-state index in [4.69, 9.17) is 36.9 Å². The fraction of sp³-hybridized carbons (Fsp3) is 0.381. The van der Waals surface area contributed by atoms with Crippen molar-refractivity contribution in [3.05, 3.63) is 83.6 Å². The molecule has 6 rings (SSSR count). The largest absolute Gasteiger partial charge is 0.490 e. The first-order chi connectivity index (χ1) is 28.1. The number of amides is 3. The maximum absolute atomic E-state index is 13.5. The van der Waals surface area contributed by atoms with Gasteiger partial charge in [0, 0.05) is 47.3 Å². The van der Waals surface area contributed by atoms with Gasteiger partial charge in [-0.05, 0) is 42.3 Å². The number of ether oxygens (including phenoxy) is 4. The molecule has 306 valence electrons. The number of hydrogen-bond donors (Lipinski definition) is 2. The van der Waals surface area contributed by atoms with Gasteiger partial charge < -0.3 is 34.6 Å². The molecule has 0 radical (unpaired) electrons. The number of nitrogens with two attached hydrogens (primary N) is 1. The van der Waals surface area contributed by atoms with Crippen molar-refractivity contribution >= 4 is 63.1 Å². The van der Waals surface area contributed by atoms with Crippen LogP contribution in [0.3, 0.4) is 0 Å². The number of imide groups is 1. The average molecular weight is 819 g/mol. The van der Waals surface area contributed by atoms with Gasteiger partial charge in [0.1, 0.15) is 23.1 Å². The predicted molar refractivity (Wildman–Crippen MR) is 214 cm³/mol. The lowest BCUT2D eigenvalue weighted by Crippen LogP contribution is -2.47. The van der Waals surface area contributed by atoms with Gasteiger partial charge in [-0.3, -0.25) is 37.7 Å². The number of alkyl halides is 2. The lowest BCUT2D eigenvalue weighted by molar-refractivity contribution is -0.132. The van der Waals surface area contributed by atoms with E-state index in [0.717, 1.165) is 21.4 Å². The molecule has 1 aliphatic carbocycles. The molecule has 4 aromatic rings. The van der Waals surface area contributed by atoms with Crippen LogP contribution in [-0.2, 0) is 35.1 Å². The molecule has 3 aromatic carbocycles. The molecule has 1 saturated carbocycles. The Kier molecular flexibility index (Phi) is 14.4. The monoisotopic (exact) mass is 818 g/mol. The molecule has 1 atom stereocenters. The highest BCUT2D eigenvalue weighted by molar-refractivity contribution is 7.80. The Morgan fingerprint density at radius 3 is 2.28 bits per heavy atom. The Labute approximate surface area is 338 Å². The van der Waals surface area contributed by atoms with Crippen LogP contribution in [-0.4, -0.2) is 109 Å². The van der Waals surface area contributed by atoms with E-state index in [1.807, 2.05) is 36.5 Å². The highest BCUT2D eigenvalue weighted by Crippen LogP contribution is 2.35. The zero-order valence-electron chi connectivity index (χ0n) is 31.7. The van der Waals surface area contributed by atoms with E-state index in [1.54, 1.807) is 28.8 Å². The Morgan fingerprint density at radius 2 is 1.57 bits per heavy atom. The normalized spacial score (nSPS) is 15.4. The number of rotatable bonds is 21. The molecule has 1 fully saturated rings. The topological polar surface area (TPSA) is 168 Å². The zero-order chi connectivity index (χ0) is 41.2. The fourth-order valence-electron chi connectivity index (χ4n) is 6.96. The van der Waals surface area contributed by atoms with Crippen LogP contribution in [0.15, 0.2) is 66.9 Å². The lowest BCUT2D eigenvalue weighted by Gasteiger charge is -2.27. The van der Waals surface area contributed by atoms with Crippen molar-refractivity contribution < 1.29 is 51.7 Å². The van der Waals surface area contributed by atoms with Gasteiger partial charge in [-0.2, -0.15) is 0 Å². The second kappa shape index (κ2) is 19.8. The molecule has 0 bridgehead atoms. The minimum absolute atomic E-state index is 0.0904. The van der Waals surface area contributed by atoms with Crippen LogP contribution in [0.5, 0.6) is 5.75 Å². The van der Waals surface area contributed by atoms with Crippen LogP contribution in [0.2, 0.25) is 0 Å². The van der Waals surface area contributed by atoms with Gasteiger partial charge in [0.2, 0.25) is 5.91 Å². The van der Waals surface area contributed by atoms with E-state index >= 15 is 0 Å². The summed E-state index contributed by atoms with van der Waals surface area (Å²) in [4.78, 5) is 64.2. The Morgan fingerprint density at radius 1 is 0.862 bits per heavy atom. The van der Waals surface area contributed by atoms with Gasteiger partial charge in [0.15, 0.2) is 5.78 Å². The van der Waals surface area contributed by atoms with Crippen molar-refractivity contribution in [1.29, 1.82) is 0 Å². The number of hydrogen-bond acceptors (Lipinski definition) is 10. The number of nitrogens with one attached hydrogen (secondary N) is 1. The maximum atomic E-state index is 13.5. The summed E-state index contributed by atoms with van der Waals surface area (Å²) in [5.41, 5.74) is 9.71. The number of aromatic nitrogens is 1. The number of fused-ring (bicyclic) bond motifs is 2. The first-order valence-electron chi connectivity index (χ1n) is 19.0. The van der Waals surface area contributed by atoms with Crippen molar-refractivity contribution in [3.8, 4) is 16.9 Å². The zero-order valence-corrected chi connectivity index (χ0v) is 32.5. The number of nitrogens with zero attached hydrogens (tertiary/aromatic N) is 2. The van der Waals surface area contributed by atoms with Crippen molar-refractivity contribution in [2.24, 2.45) is 11.7 Å². The molecule has 3 amide bonds. The molecule has 1 unspecified atom stereocenters. The molecule has 2 aliphatic rings. The van der Waals surface area contributed by atoms with Gasteiger partial charge in [-0.25, -0.2) is 0 Å². The number of halogens is 2. The molecule has 1 aliphatic heterocycles. The van der Waals surface area contributed by atoms with Gasteiger partial charge in [0.05, 0.1) is 88.5 Å². The van der Waals surface area contributed by atoms with Crippen LogP contribution in [0, 0.1) is 5.92 Å². The molecule has 0 spiro atoms. The van der Waals surface area contributed by atoms with Crippen molar-refractivity contribution in [2.75, 3.05) is 64.9 Å². The van der Waals surface area contributed by atoms with Crippen LogP contribution in [0.25, 0.3) is 22.0 Å². The minimum atomic E-state index is -0.957. The average Bonchev–Trinajstić information content (AvgIpc) is 3.70. The second-order valence-electron chi connectivity index (χ2n) is 13.9. The van der Waals surface area contributed by atoms with Crippen molar-refractivity contribution in [2.45, 2.75) is 38.3 Å². The summed E-state index contributed by atoms with van der Waals surface area (Å²) >= 11 is 5.14. The summed E-state index contributed by atoms with van der Waals surface area (Å²) in [6.45, 7) is 0.0113. The standard InChI is InChI=1S/C42H44F2N4O9S/c43-22-26(23-44)24-47-25-33(27-3-1-4-28(19-27)40(45)58)31-9-7-29(20-35(31)47)46-38(51)11-12-54-13-14-55-15-16-56-17-18-57-37-6-2-5-32-39(37)42(53)48(41(32)52)34-10-8-30(49)21-36(34)50/h1-7,9,19-20,25-26,34H,8,10-18,21-24H2,(H2,45,58)(H,46,51). The van der Waals surface area contributed by atoms with Crippen LogP contribution >= 0.6 is 12.2 Å². The van der Waals surface area contributed by atoms with E-state index in [-0.39, 0.29) is 112 Å². The second-order valence-corrected chi connectivity index (χ2v) is 14.4. The van der Waals surface area contributed by atoms with Crippen LogP contribution in [0.4, 0.5) is 14.5 Å². The third-order valence-corrected chi connectivity index (χ3v) is 10.1. The molecule has 0 saturated heterocycles. The summed E-state index contributed by atoms with van der Waals surface area (Å²) < 4.78 is 51.2. The summed E-state index contributed by atoms with van der Waals surface area (Å²) in [6, 6.07) is 16.6. The number of carbonyl (C=O) groups excluding carboxylic acids is 5. The molecule has 58 heavy (non-hydrogen) atoms. The highest BCUT2D eigenvalue weighted by atomic mass is 32.1. The summed E-state index contributed by atoms with van der Waals surface area (Å²) in [5, 5.41) is 3.71. The first-order valence-corrected chi connectivity index (χ1v) is 19.4. The summed E-state index contributed by atoms with van der Waals surface area (Å²) in [5.74, 6) is -2.69. The SMILES string of the molecule is NC(=S)c1cccc(-c2cn(CC(CF)CF)c3cc(NC(=O)CCOCCOCCOCCOc4cccc5c4C(=O)N(C4CCC(=O)CC4=O)C5=O)ccc23)c1. The van der Waals surface area contributed by atoms with E-state index in [0.29, 0.717) is 16.8 Å². The Hall–Kier alpha value is -5.42. The number of benzene rings is 3. The molecular formula is C42H44F2N4O9S. The molecule has 1 aromatic heterocycles. The number of ketones is 2. The number of thiocarbonyl (C=S) groups is 1. The molecule has 16 heteroatoms. The van der Waals surface area contributed by atoms with Crippen LogP contribution in [0.1, 0.15) is 52.0 Å². The molecular weight excluding hydrogens is 775 g/mol. The third-order valence-electron chi connectivity index (χ3n) is 9.88. The van der Waals surface area contributed by atoms with Crippen molar-refractivity contribution in [3.63, 3.8) is 0 Å². The highest BCUT2D eigenvalue weighted by Gasteiger charge is 2.45. The third kappa shape index (κ3) is 9.99. The lowest BCUT2D eigenvalue weighted by atomic mass is 9.92. The Balaban J connectivity index is 0.883. The first kappa shape index (κ1) is 42.2. The van der Waals surface area contributed by atoms with Gasteiger partial charge in [-0.1, -0.05) is 42.5 Å². The maximum Gasteiger partial charge on any atom is 0.266 e. The van der Waals surface area contributed by atoms with Gasteiger partial charge in [-0.15, -0.1) is 0 Å². The number of anilines is 1. The van der Waals surface area contributed by atoms with Gasteiger partial charge in [0.25, 0.3) is 11.8 Å². The Bertz CT molecular complexity index is 2190. The fourth-order valence-corrected chi connectivity index (χ4v) is 7.08. The summed E-state index contributed by atoms with van der Waals surface area (Å²) in [6.07, 6.45) is 1.91. The number of carbonyl (C=O) groups is 5. The molecule has 3 N–H and O–H groups in total. The predicted octanol–water partition coefficient (Wildman–Crippen LogP) is 5.24. The van der Waals surface area contributed by atoms with Gasteiger partial charge >= 0.3 is 0 Å². The van der Waals surface area contributed by atoms with E-state index in [9.17, 15) is 32.8 Å². The minimum Gasteiger partial charge on any atom is -0.490 e. The van der Waals surface area contributed by atoms with Crippen molar-refractivity contribution in [1.82, 2.24) is 9.47 Å². The molecule has 2 heterocycles. The summed E-state index contributed by atoms with van der Waals surface area (Å²) in [7, 11) is 0. The van der Waals surface area contributed by atoms with E-state index < -0.39 is 42.9 Å². The number of Topliss-reactive ketones (excluding diaryl/α,β-unsaturated/α-hetero) is 2. The quantitative estimate of drug-likeness (QED) is 0.0488.